The van der Waals surface area contributed by atoms with Crippen LogP contribution in [0.3, 0.4) is 0 Å². The van der Waals surface area contributed by atoms with Crippen molar-refractivity contribution in [3.05, 3.63) is 114 Å². The van der Waals surface area contributed by atoms with E-state index >= 15 is 0 Å². The molecule has 0 saturated heterocycles. The minimum atomic E-state index is -0.293. The smallest absolute Gasteiger partial charge is 0.238 e. The number of aryl methyl sites for hydroxylation is 1. The maximum atomic E-state index is 13.0. The first kappa shape index (κ1) is 62.4. The van der Waals surface area contributed by atoms with E-state index < -0.39 is 0 Å². The van der Waals surface area contributed by atoms with Crippen LogP contribution in [0.2, 0.25) is 0 Å². The van der Waals surface area contributed by atoms with Gasteiger partial charge in [-0.05, 0) is 157 Å². The maximum absolute atomic E-state index is 13.0. The normalized spacial score (nSPS) is 20.8. The second-order valence-electron chi connectivity index (χ2n) is 25.2. The van der Waals surface area contributed by atoms with Crippen molar-refractivity contribution in [3.63, 3.8) is 0 Å². The second kappa shape index (κ2) is 27.8. The van der Waals surface area contributed by atoms with Crippen LogP contribution >= 0.6 is 0 Å². The molecule has 9 aromatic heterocycles. The molecule has 486 valence electrons. The molecule has 0 aliphatic heterocycles. The van der Waals surface area contributed by atoms with E-state index in [0.717, 1.165) is 106 Å². The molecule has 6 aliphatic carbocycles. The number of anilines is 8. The number of hydrogen-bond donors (Lipinski definition) is 8. The molecule has 15 rings (SSSR count). The number of hydrogen-bond acceptors (Lipinski definition) is 23. The Hall–Kier alpha value is -9.40. The van der Waals surface area contributed by atoms with E-state index in [2.05, 4.69) is 66.8 Å². The lowest BCUT2D eigenvalue weighted by Gasteiger charge is -2.13. The van der Waals surface area contributed by atoms with E-state index in [1.807, 2.05) is 61.5 Å². The Bertz CT molecular complexity index is 3740. The van der Waals surface area contributed by atoms with E-state index in [-0.39, 0.29) is 71.7 Å². The molecular formula is C67H79N17O9. The Morgan fingerprint density at radius 3 is 1.12 bits per heavy atom. The van der Waals surface area contributed by atoms with Crippen LogP contribution in [0.15, 0.2) is 91.8 Å². The average molecular weight is 1270 g/mol. The van der Waals surface area contributed by atoms with Crippen molar-refractivity contribution in [2.24, 2.45) is 17.8 Å². The first-order valence-electron chi connectivity index (χ1n) is 32.6. The summed E-state index contributed by atoms with van der Waals surface area (Å²) in [4.78, 5) is 66.1. The molecule has 1 unspecified atom stereocenters. The first-order valence-corrected chi connectivity index (χ1v) is 32.6. The van der Waals surface area contributed by atoms with Crippen molar-refractivity contribution in [1.82, 2.24) is 58.7 Å². The molecule has 0 radical (unpaired) electrons. The lowest BCUT2D eigenvalue weighted by Crippen LogP contribution is -2.09. The second-order valence-corrected chi connectivity index (χ2v) is 25.2. The fraction of sp³-hybridized carbons (Fsp3) is 0.463. The van der Waals surface area contributed by atoms with Gasteiger partial charge in [0.2, 0.25) is 17.6 Å². The zero-order valence-corrected chi connectivity index (χ0v) is 52.4. The molecule has 9 heterocycles. The van der Waals surface area contributed by atoms with Crippen LogP contribution in [0.5, 0.6) is 17.6 Å². The molecule has 93 heavy (non-hydrogen) atoms. The van der Waals surface area contributed by atoms with Crippen molar-refractivity contribution >= 4 is 80.4 Å². The van der Waals surface area contributed by atoms with Gasteiger partial charge in [0.05, 0.1) is 53.6 Å². The third-order valence-electron chi connectivity index (χ3n) is 17.7. The van der Waals surface area contributed by atoms with Crippen LogP contribution in [-0.4, -0.2) is 142 Å². The Kier molecular flexibility index (Phi) is 18.7. The average Bonchev–Trinajstić information content (AvgIpc) is 1.90. The summed E-state index contributed by atoms with van der Waals surface area (Å²) in [6.45, 7) is 2.05. The Morgan fingerprint density at radius 2 is 0.806 bits per heavy atom. The highest BCUT2D eigenvalue weighted by atomic mass is 16.5. The first-order chi connectivity index (χ1) is 45.3. The molecule has 8 N–H and O–H groups in total. The molecule has 6 aliphatic rings. The van der Waals surface area contributed by atoms with Gasteiger partial charge >= 0.3 is 0 Å². The highest BCUT2D eigenvalue weighted by molar-refractivity contribution is 6.03. The number of carbonyl (C=O) groups excluding carboxylic acids is 3. The lowest BCUT2D eigenvalue weighted by molar-refractivity contribution is 0.0949. The van der Waals surface area contributed by atoms with Crippen molar-refractivity contribution in [2.75, 3.05) is 40.7 Å². The van der Waals surface area contributed by atoms with Crippen LogP contribution in [-0.2, 0) is 6.42 Å². The summed E-state index contributed by atoms with van der Waals surface area (Å²) in [5, 5.41) is 58.6. The SMILES string of the molecule is CCc1cc(Nc2cccnc2OC2CC2)nc2c(C(=O)C[C@H]3CC[C@H](O)C3)cnn12.CNc1cc(Nc2cccnc2OC2CC2)nc2c(C(=O)CC3CC[C@H](O)C3)cnn12.CNc1cc(Nc2cccnc2OC2CC2)nc2c(C(=O)C[C@@H]3CC[C@@H](O)C3)cnn12. The van der Waals surface area contributed by atoms with Gasteiger partial charge in [-0.2, -0.15) is 24.3 Å². The van der Waals surface area contributed by atoms with Gasteiger partial charge in [-0.25, -0.2) is 34.4 Å². The van der Waals surface area contributed by atoms with Crippen molar-refractivity contribution < 1.29 is 43.9 Å². The molecule has 6 saturated carbocycles. The number of nitrogens with zero attached hydrogens (tertiary/aromatic N) is 12. The summed E-state index contributed by atoms with van der Waals surface area (Å²) in [5.41, 5.74) is 6.19. The van der Waals surface area contributed by atoms with Gasteiger partial charge in [-0.15, -0.1) is 0 Å². The van der Waals surface area contributed by atoms with E-state index in [1.165, 1.54) is 0 Å². The molecule has 26 nitrogen and oxygen atoms in total. The van der Waals surface area contributed by atoms with E-state index in [1.54, 1.807) is 64.8 Å². The minimum absolute atomic E-state index is 0.0000587. The van der Waals surface area contributed by atoms with Crippen LogP contribution in [0.25, 0.3) is 16.9 Å². The number of nitrogens with one attached hydrogen (secondary N) is 5. The number of aliphatic hydroxyl groups excluding tert-OH is 3. The van der Waals surface area contributed by atoms with Gasteiger partial charge in [0.15, 0.2) is 34.3 Å². The van der Waals surface area contributed by atoms with Crippen molar-refractivity contribution in [3.8, 4) is 17.6 Å². The van der Waals surface area contributed by atoms with Gasteiger partial charge in [-0.3, -0.25) is 14.4 Å². The molecule has 6 atom stereocenters. The van der Waals surface area contributed by atoms with Gasteiger partial charge in [0, 0.05) is 75.8 Å². The zero-order chi connectivity index (χ0) is 64.1. The number of ketones is 3. The Morgan fingerprint density at radius 1 is 0.473 bits per heavy atom. The molecule has 26 heteroatoms. The molecule has 0 bridgehead atoms. The summed E-state index contributed by atoms with van der Waals surface area (Å²) in [6, 6.07) is 16.8. The summed E-state index contributed by atoms with van der Waals surface area (Å²) < 4.78 is 22.7. The summed E-state index contributed by atoms with van der Waals surface area (Å²) >= 11 is 0. The van der Waals surface area contributed by atoms with E-state index in [0.29, 0.717) is 119 Å². The monoisotopic (exact) mass is 1270 g/mol. The summed E-state index contributed by atoms with van der Waals surface area (Å²) in [6.07, 6.45) is 24.9. The van der Waals surface area contributed by atoms with E-state index in [9.17, 15) is 29.7 Å². The largest absolute Gasteiger partial charge is 0.473 e. The van der Waals surface area contributed by atoms with Crippen molar-refractivity contribution in [2.45, 2.75) is 166 Å². The number of rotatable bonds is 24. The molecule has 9 aromatic rings. The summed E-state index contributed by atoms with van der Waals surface area (Å²) in [7, 11) is 3.60. The number of Topliss-reactive ketones (excluding diaryl/α,β-unsaturated/α-hetero) is 3. The molecule has 0 spiro atoms. The van der Waals surface area contributed by atoms with Crippen LogP contribution in [0, 0.1) is 17.8 Å². The number of aliphatic hydroxyl groups is 3. The van der Waals surface area contributed by atoms with Gasteiger partial charge in [0.1, 0.15) is 64.5 Å². The Labute approximate surface area is 536 Å². The number of ether oxygens (including phenoxy) is 3. The van der Waals surface area contributed by atoms with Crippen molar-refractivity contribution in [1.29, 1.82) is 0 Å². The third-order valence-corrected chi connectivity index (χ3v) is 17.7. The number of aromatic nitrogens is 12. The molecule has 0 aromatic carbocycles. The number of pyridine rings is 3. The van der Waals surface area contributed by atoms with E-state index in [4.69, 9.17) is 19.2 Å². The number of carbonyl (C=O) groups is 3. The van der Waals surface area contributed by atoms with Gasteiger partial charge in [0.25, 0.3) is 0 Å². The predicted molar refractivity (Wildman–Crippen MR) is 348 cm³/mol. The number of fused-ring (bicyclic) bond motifs is 3. The highest BCUT2D eigenvalue weighted by Crippen LogP contribution is 2.38. The Balaban J connectivity index is 0.000000127. The van der Waals surface area contributed by atoms with Crippen LogP contribution in [0.4, 0.5) is 46.2 Å². The van der Waals surface area contributed by atoms with Crippen LogP contribution < -0.4 is 40.8 Å². The fourth-order valence-electron chi connectivity index (χ4n) is 12.3. The lowest BCUT2D eigenvalue weighted by atomic mass is 9.98. The maximum Gasteiger partial charge on any atom is 0.238 e. The minimum Gasteiger partial charge on any atom is -0.473 e. The molecule has 6 fully saturated rings. The quantitative estimate of drug-likeness (QED) is 0.0261. The van der Waals surface area contributed by atoms with Gasteiger partial charge < -0.3 is 56.1 Å². The third kappa shape index (κ3) is 15.1. The molecule has 0 amide bonds. The fourth-order valence-corrected chi connectivity index (χ4v) is 12.3. The standard InChI is InChI=1S/C23H27N5O3.2C22H26N6O3/c1-2-15-12-21(26-19-4-3-9-24-23(19)31-17-7-8-17)27-22-18(13-25-28(15)22)20(30)11-14-5-6-16(29)10-14;2*1-23-20-11-19(26-17-3-2-8-24-22(17)31-15-6-7-15)27-21-16(12-25-28(20)21)18(30)10-13-4-5-14(29)9-13/h3-4,9,12-14,16-17,29H,2,5-8,10-11H2,1H3,(H,26,27);2*2-3,8,11-15,23,29H,4-7,9-10H2,1H3,(H,26,27)/t14-,16-;13?,14-;13-,14-/m001/s1. The highest BCUT2D eigenvalue weighted by Gasteiger charge is 2.32. The topological polar surface area (TPSA) is 329 Å². The van der Waals surface area contributed by atoms with Crippen LogP contribution in [0.1, 0.15) is 159 Å². The molecular weight excluding hydrogens is 1190 g/mol. The van der Waals surface area contributed by atoms with Gasteiger partial charge in [-0.1, -0.05) is 6.92 Å². The summed E-state index contributed by atoms with van der Waals surface area (Å²) in [5.74, 6) is 5.49. The zero-order valence-electron chi connectivity index (χ0n) is 52.4. The predicted octanol–water partition coefficient (Wildman–Crippen LogP) is 10.1.